The number of anilines is 1. The molecule has 0 saturated heterocycles. The van der Waals surface area contributed by atoms with E-state index in [4.69, 9.17) is 0 Å². The van der Waals surface area contributed by atoms with Gasteiger partial charge in [0, 0.05) is 10.6 Å². The monoisotopic (exact) mass is 358 g/mol. The molecule has 9 heteroatoms. The third-order valence-corrected chi connectivity index (χ3v) is 3.39. The predicted molar refractivity (Wildman–Crippen MR) is 81.2 cm³/mol. The van der Waals surface area contributed by atoms with Crippen LogP contribution in [0.5, 0.6) is 0 Å². The van der Waals surface area contributed by atoms with Crippen LogP contribution >= 0.6 is 11.8 Å². The van der Waals surface area contributed by atoms with E-state index in [0.717, 1.165) is 12.1 Å². The lowest BCUT2D eigenvalue weighted by molar-refractivity contribution is -0.0328. The number of urea groups is 1. The van der Waals surface area contributed by atoms with Gasteiger partial charge in [0.15, 0.2) is 0 Å². The molecule has 2 aromatic rings. The second-order valence-corrected chi connectivity index (χ2v) is 5.60. The summed E-state index contributed by atoms with van der Waals surface area (Å²) < 4.78 is 50.4. The first-order chi connectivity index (χ1) is 11.2. The summed E-state index contributed by atoms with van der Waals surface area (Å²) >= 11 is -0.334. The molecule has 0 aromatic heterocycles. The average molecular weight is 358 g/mol. The Kier molecular flexibility index (Phi) is 5.45. The Hall–Kier alpha value is -2.55. The fourth-order valence-corrected chi connectivity index (χ4v) is 2.35. The molecule has 126 valence electrons. The molecule has 0 heterocycles. The highest BCUT2D eigenvalue weighted by atomic mass is 32.2. The summed E-state index contributed by atoms with van der Waals surface area (Å²) in [5.41, 5.74) is -4.72. The van der Waals surface area contributed by atoms with E-state index in [0.29, 0.717) is 0 Å². The van der Waals surface area contributed by atoms with Gasteiger partial charge in [0.1, 0.15) is 5.82 Å². The number of carbonyl (C=O) groups excluding carboxylic acids is 2. The number of carbonyl (C=O) groups is 2. The highest BCUT2D eigenvalue weighted by Crippen LogP contribution is 2.37. The van der Waals surface area contributed by atoms with Crippen LogP contribution in [0.1, 0.15) is 10.4 Å². The molecule has 0 aliphatic rings. The molecule has 24 heavy (non-hydrogen) atoms. The predicted octanol–water partition coefficient (Wildman–Crippen LogP) is 4.40. The molecule has 2 rings (SSSR count). The molecular formula is C15H10F4N2O2S. The summed E-state index contributed by atoms with van der Waals surface area (Å²) in [6.07, 6.45) is 0. The summed E-state index contributed by atoms with van der Waals surface area (Å²) in [6, 6.07) is 9.08. The van der Waals surface area contributed by atoms with Crippen molar-refractivity contribution in [1.29, 1.82) is 0 Å². The molecule has 0 fully saturated rings. The van der Waals surface area contributed by atoms with E-state index in [1.807, 2.05) is 5.32 Å². The van der Waals surface area contributed by atoms with E-state index in [-0.39, 0.29) is 27.9 Å². The molecule has 0 radical (unpaired) electrons. The van der Waals surface area contributed by atoms with Gasteiger partial charge in [-0.15, -0.1) is 0 Å². The molecule has 0 atom stereocenters. The van der Waals surface area contributed by atoms with E-state index in [9.17, 15) is 27.2 Å². The van der Waals surface area contributed by atoms with Crippen LogP contribution in [0.25, 0.3) is 0 Å². The molecule has 2 aromatic carbocycles. The third kappa shape index (κ3) is 5.27. The molecule has 0 bridgehead atoms. The standard InChI is InChI=1S/C15H10F4N2O2S/c16-12-7-2-1-6-11(12)13(22)21-14(23)20-9-4-3-5-10(8-9)24-15(17,18)19/h1-8H,(H2,20,21,22,23). The fourth-order valence-electron chi connectivity index (χ4n) is 1.75. The van der Waals surface area contributed by atoms with Crippen molar-refractivity contribution >= 4 is 29.4 Å². The molecule has 2 N–H and O–H groups in total. The van der Waals surface area contributed by atoms with Gasteiger partial charge in [-0.2, -0.15) is 13.2 Å². The first-order valence-corrected chi connectivity index (χ1v) is 7.29. The van der Waals surface area contributed by atoms with Gasteiger partial charge in [0.2, 0.25) is 0 Å². The van der Waals surface area contributed by atoms with Crippen molar-refractivity contribution in [1.82, 2.24) is 5.32 Å². The number of halogens is 4. The maximum Gasteiger partial charge on any atom is 0.446 e. The van der Waals surface area contributed by atoms with Crippen LogP contribution in [0.15, 0.2) is 53.4 Å². The molecule has 4 nitrogen and oxygen atoms in total. The number of nitrogens with one attached hydrogen (secondary N) is 2. The number of rotatable bonds is 3. The molecule has 0 aliphatic heterocycles. The third-order valence-electron chi connectivity index (χ3n) is 2.67. The van der Waals surface area contributed by atoms with Crippen LogP contribution < -0.4 is 10.6 Å². The normalized spacial score (nSPS) is 11.0. The van der Waals surface area contributed by atoms with Gasteiger partial charge in [-0.05, 0) is 42.1 Å². The van der Waals surface area contributed by atoms with Crippen molar-refractivity contribution < 1.29 is 27.2 Å². The van der Waals surface area contributed by atoms with Gasteiger partial charge in [-0.1, -0.05) is 18.2 Å². The zero-order valence-corrected chi connectivity index (χ0v) is 12.7. The molecule has 0 saturated carbocycles. The number of amides is 3. The number of benzene rings is 2. The summed E-state index contributed by atoms with van der Waals surface area (Å²) in [5, 5.41) is 4.11. The first kappa shape index (κ1) is 17.8. The lowest BCUT2D eigenvalue weighted by Gasteiger charge is -2.09. The van der Waals surface area contributed by atoms with Gasteiger partial charge in [-0.25, -0.2) is 9.18 Å². The van der Waals surface area contributed by atoms with E-state index in [1.165, 1.54) is 36.4 Å². The lowest BCUT2D eigenvalue weighted by atomic mass is 10.2. The van der Waals surface area contributed by atoms with Crippen LogP contribution in [-0.2, 0) is 0 Å². The lowest BCUT2D eigenvalue weighted by Crippen LogP contribution is -2.34. The molecular weight excluding hydrogens is 348 g/mol. The number of thioether (sulfide) groups is 1. The highest BCUT2D eigenvalue weighted by molar-refractivity contribution is 8.00. The Balaban J connectivity index is 2.01. The molecule has 0 unspecified atom stereocenters. The van der Waals surface area contributed by atoms with Crippen LogP contribution in [0.3, 0.4) is 0 Å². The summed E-state index contributed by atoms with van der Waals surface area (Å²) in [7, 11) is 0. The maximum absolute atomic E-state index is 13.4. The van der Waals surface area contributed by atoms with E-state index in [2.05, 4.69) is 5.32 Å². The summed E-state index contributed by atoms with van der Waals surface area (Å²) in [4.78, 5) is 23.3. The second kappa shape index (κ2) is 7.35. The SMILES string of the molecule is O=C(NC(=O)c1ccccc1F)Nc1cccc(SC(F)(F)F)c1. The van der Waals surface area contributed by atoms with Crippen LogP contribution in [0, 0.1) is 5.82 Å². The average Bonchev–Trinajstić information content (AvgIpc) is 2.45. The Morgan fingerprint density at radius 3 is 2.38 bits per heavy atom. The van der Waals surface area contributed by atoms with Gasteiger partial charge in [0.25, 0.3) is 5.91 Å². The number of alkyl halides is 3. The minimum atomic E-state index is -4.46. The zero-order chi connectivity index (χ0) is 17.7. The first-order valence-electron chi connectivity index (χ1n) is 6.47. The maximum atomic E-state index is 13.4. The minimum absolute atomic E-state index is 0.0584. The van der Waals surface area contributed by atoms with Crippen molar-refractivity contribution in [3.8, 4) is 0 Å². The Bertz CT molecular complexity index is 765. The molecule has 3 amide bonds. The van der Waals surface area contributed by atoms with Crippen molar-refractivity contribution in [3.05, 3.63) is 59.9 Å². The van der Waals surface area contributed by atoms with Gasteiger partial charge in [-0.3, -0.25) is 10.1 Å². The topological polar surface area (TPSA) is 58.2 Å². The molecule has 0 spiro atoms. The summed E-state index contributed by atoms with van der Waals surface area (Å²) in [6.45, 7) is 0. The van der Waals surface area contributed by atoms with Crippen molar-refractivity contribution in [2.45, 2.75) is 10.4 Å². The van der Waals surface area contributed by atoms with E-state index < -0.39 is 23.3 Å². The largest absolute Gasteiger partial charge is 0.446 e. The quantitative estimate of drug-likeness (QED) is 0.632. The Morgan fingerprint density at radius 1 is 1.00 bits per heavy atom. The Labute approximate surface area is 138 Å². The zero-order valence-electron chi connectivity index (χ0n) is 11.9. The van der Waals surface area contributed by atoms with Crippen molar-refractivity contribution in [2.75, 3.05) is 5.32 Å². The van der Waals surface area contributed by atoms with Crippen LogP contribution in [0.2, 0.25) is 0 Å². The van der Waals surface area contributed by atoms with Gasteiger partial charge >= 0.3 is 11.5 Å². The molecule has 0 aliphatic carbocycles. The summed E-state index contributed by atoms with van der Waals surface area (Å²) in [5.74, 6) is -1.77. The minimum Gasteiger partial charge on any atom is -0.308 e. The van der Waals surface area contributed by atoms with Gasteiger partial charge < -0.3 is 5.32 Å². The number of hydrogen-bond donors (Lipinski definition) is 2. The van der Waals surface area contributed by atoms with Gasteiger partial charge in [0.05, 0.1) is 5.56 Å². The van der Waals surface area contributed by atoms with E-state index >= 15 is 0 Å². The van der Waals surface area contributed by atoms with Crippen molar-refractivity contribution in [3.63, 3.8) is 0 Å². The van der Waals surface area contributed by atoms with Crippen LogP contribution in [0.4, 0.5) is 28.0 Å². The smallest absolute Gasteiger partial charge is 0.308 e. The highest BCUT2D eigenvalue weighted by Gasteiger charge is 2.29. The fraction of sp³-hybridized carbons (Fsp3) is 0.0667. The van der Waals surface area contributed by atoms with Crippen molar-refractivity contribution in [2.24, 2.45) is 0 Å². The number of hydrogen-bond acceptors (Lipinski definition) is 3. The second-order valence-electron chi connectivity index (χ2n) is 4.46. The Morgan fingerprint density at radius 2 is 1.71 bits per heavy atom. The number of imide groups is 1. The van der Waals surface area contributed by atoms with E-state index in [1.54, 1.807) is 0 Å². The van der Waals surface area contributed by atoms with Crippen LogP contribution in [-0.4, -0.2) is 17.4 Å².